The van der Waals surface area contributed by atoms with Crippen molar-refractivity contribution in [3.8, 4) is 11.5 Å². The van der Waals surface area contributed by atoms with E-state index in [9.17, 15) is 4.39 Å². The zero-order valence-electron chi connectivity index (χ0n) is 16.8. The quantitative estimate of drug-likeness (QED) is 0.701. The summed E-state index contributed by atoms with van der Waals surface area (Å²) >= 11 is 0. The molecule has 8 heteroatoms. The molecule has 2 fully saturated rings. The van der Waals surface area contributed by atoms with Gasteiger partial charge in [0.25, 0.3) is 0 Å². The van der Waals surface area contributed by atoms with Gasteiger partial charge in [-0.2, -0.15) is 0 Å². The lowest BCUT2D eigenvalue weighted by Gasteiger charge is -2.32. The van der Waals surface area contributed by atoms with Crippen LogP contribution in [-0.2, 0) is 14.0 Å². The maximum absolute atomic E-state index is 14.8. The Morgan fingerprint density at radius 1 is 1.11 bits per heavy atom. The third-order valence-corrected chi connectivity index (χ3v) is 5.53. The maximum Gasteiger partial charge on any atom is 0.495 e. The molecule has 6 nitrogen and oxygen atoms in total. The van der Waals surface area contributed by atoms with Gasteiger partial charge in [-0.05, 0) is 45.3 Å². The van der Waals surface area contributed by atoms with Crippen LogP contribution >= 0.6 is 0 Å². The van der Waals surface area contributed by atoms with Gasteiger partial charge >= 0.3 is 7.12 Å². The largest absolute Gasteiger partial charge is 0.495 e. The van der Waals surface area contributed by atoms with E-state index in [1.54, 1.807) is 6.07 Å². The molecule has 2 heterocycles. The molecule has 0 N–H and O–H groups in total. The fraction of sp³-hybridized carbons (Fsp3) is 0.684. The third kappa shape index (κ3) is 4.40. The third-order valence-electron chi connectivity index (χ3n) is 5.53. The van der Waals surface area contributed by atoms with Crippen LogP contribution in [0.5, 0.6) is 11.5 Å². The Balaban J connectivity index is 1.70. The molecule has 0 amide bonds. The van der Waals surface area contributed by atoms with Gasteiger partial charge in [-0.1, -0.05) is 0 Å². The second kappa shape index (κ2) is 7.95. The van der Waals surface area contributed by atoms with E-state index in [0.29, 0.717) is 24.4 Å². The van der Waals surface area contributed by atoms with E-state index in [2.05, 4.69) is 4.90 Å². The number of morpholine rings is 1. The van der Waals surface area contributed by atoms with Crippen molar-refractivity contribution < 1.29 is 27.9 Å². The van der Waals surface area contributed by atoms with Crippen LogP contribution in [0.25, 0.3) is 0 Å². The summed E-state index contributed by atoms with van der Waals surface area (Å²) in [6, 6.07) is 3.12. The molecule has 0 radical (unpaired) electrons. The highest BCUT2D eigenvalue weighted by atomic mass is 19.1. The standard InChI is InChI=1S/C19H29BFNO5/c1-18(2)19(3,4)27-20(26-18)14-12-15(21)17(16(13-14)23-5)25-11-8-22-6-9-24-10-7-22/h12-13H,6-11H2,1-5H3. The van der Waals surface area contributed by atoms with Gasteiger partial charge in [-0.25, -0.2) is 4.39 Å². The highest BCUT2D eigenvalue weighted by Crippen LogP contribution is 2.37. The van der Waals surface area contributed by atoms with Crippen molar-refractivity contribution in [3.63, 3.8) is 0 Å². The minimum atomic E-state index is -0.652. The van der Waals surface area contributed by atoms with E-state index in [1.165, 1.54) is 13.2 Å². The number of rotatable bonds is 6. The molecule has 0 spiro atoms. The van der Waals surface area contributed by atoms with Crippen molar-refractivity contribution in [1.82, 2.24) is 4.90 Å². The summed E-state index contributed by atoms with van der Waals surface area (Å²) < 4.78 is 43.1. The molecule has 0 aromatic heterocycles. The molecule has 1 aromatic carbocycles. The molecule has 0 unspecified atom stereocenters. The number of nitrogens with zero attached hydrogens (tertiary/aromatic N) is 1. The molecular formula is C19H29BFNO5. The van der Waals surface area contributed by atoms with Crippen LogP contribution in [0.2, 0.25) is 0 Å². The monoisotopic (exact) mass is 381 g/mol. The van der Waals surface area contributed by atoms with Crippen LogP contribution in [0.4, 0.5) is 4.39 Å². The van der Waals surface area contributed by atoms with Gasteiger partial charge in [-0.3, -0.25) is 4.90 Å². The first-order valence-electron chi connectivity index (χ1n) is 9.39. The van der Waals surface area contributed by atoms with Gasteiger partial charge in [0.2, 0.25) is 0 Å². The molecule has 3 rings (SSSR count). The molecule has 1 aromatic rings. The van der Waals surface area contributed by atoms with Crippen LogP contribution in [0, 0.1) is 5.82 Å². The molecule has 2 aliphatic heterocycles. The maximum atomic E-state index is 14.8. The Morgan fingerprint density at radius 3 is 2.33 bits per heavy atom. The Bertz CT molecular complexity index is 648. The molecule has 150 valence electrons. The van der Waals surface area contributed by atoms with Crippen molar-refractivity contribution in [3.05, 3.63) is 17.9 Å². The van der Waals surface area contributed by atoms with Crippen LogP contribution in [-0.4, -0.2) is 69.8 Å². The molecule has 0 atom stereocenters. The Morgan fingerprint density at radius 2 is 1.74 bits per heavy atom. The molecule has 0 bridgehead atoms. The van der Waals surface area contributed by atoms with Crippen LogP contribution in [0.1, 0.15) is 27.7 Å². The van der Waals surface area contributed by atoms with Gasteiger partial charge in [0.05, 0.1) is 31.5 Å². The lowest BCUT2D eigenvalue weighted by atomic mass is 9.79. The van der Waals surface area contributed by atoms with Crippen molar-refractivity contribution in [2.45, 2.75) is 38.9 Å². The van der Waals surface area contributed by atoms with Gasteiger partial charge in [-0.15, -0.1) is 0 Å². The van der Waals surface area contributed by atoms with Crippen LogP contribution < -0.4 is 14.9 Å². The zero-order valence-corrected chi connectivity index (χ0v) is 16.8. The molecule has 0 saturated carbocycles. The second-order valence-corrected chi connectivity index (χ2v) is 7.92. The first-order valence-corrected chi connectivity index (χ1v) is 9.39. The summed E-state index contributed by atoms with van der Waals surface area (Å²) in [5.74, 6) is -0.0336. The zero-order chi connectivity index (χ0) is 19.7. The van der Waals surface area contributed by atoms with Gasteiger partial charge in [0, 0.05) is 19.6 Å². The lowest BCUT2D eigenvalue weighted by molar-refractivity contribution is 0.00578. The highest BCUT2D eigenvalue weighted by Gasteiger charge is 2.52. The smallest absolute Gasteiger partial charge is 0.493 e. The summed E-state index contributed by atoms with van der Waals surface area (Å²) in [6.07, 6.45) is 0. The molecular weight excluding hydrogens is 352 g/mol. The number of benzene rings is 1. The van der Waals surface area contributed by atoms with Crippen LogP contribution in [0.15, 0.2) is 12.1 Å². The second-order valence-electron chi connectivity index (χ2n) is 7.92. The summed E-state index contributed by atoms with van der Waals surface area (Å²) in [6.45, 7) is 12.1. The van der Waals surface area contributed by atoms with E-state index < -0.39 is 24.1 Å². The summed E-state index contributed by atoms with van der Waals surface area (Å²) in [7, 11) is 0.846. The van der Waals surface area contributed by atoms with E-state index in [0.717, 1.165) is 26.3 Å². The number of methoxy groups -OCH3 is 1. The number of hydrogen-bond donors (Lipinski definition) is 0. The lowest BCUT2D eigenvalue weighted by Crippen LogP contribution is -2.41. The predicted molar refractivity (Wildman–Crippen MR) is 101 cm³/mol. The minimum Gasteiger partial charge on any atom is -0.493 e. The van der Waals surface area contributed by atoms with Crippen molar-refractivity contribution in [1.29, 1.82) is 0 Å². The van der Waals surface area contributed by atoms with Crippen molar-refractivity contribution in [2.75, 3.05) is 46.6 Å². The highest BCUT2D eigenvalue weighted by molar-refractivity contribution is 6.62. The topological polar surface area (TPSA) is 49.4 Å². The number of ether oxygens (including phenoxy) is 3. The molecule has 2 aliphatic rings. The number of hydrogen-bond acceptors (Lipinski definition) is 6. The predicted octanol–water partition coefficient (Wildman–Crippen LogP) is 1.84. The first kappa shape index (κ1) is 20.4. The summed E-state index contributed by atoms with van der Waals surface area (Å²) in [5.41, 5.74) is -0.410. The Labute approximate surface area is 161 Å². The first-order chi connectivity index (χ1) is 12.7. The van der Waals surface area contributed by atoms with Gasteiger partial charge in [0.1, 0.15) is 6.61 Å². The van der Waals surface area contributed by atoms with E-state index in [1.807, 2.05) is 27.7 Å². The summed E-state index contributed by atoms with van der Waals surface area (Å²) in [4.78, 5) is 2.23. The van der Waals surface area contributed by atoms with E-state index in [4.69, 9.17) is 23.5 Å². The van der Waals surface area contributed by atoms with Gasteiger partial charge < -0.3 is 23.5 Å². The van der Waals surface area contributed by atoms with Crippen molar-refractivity contribution >= 4 is 12.6 Å². The van der Waals surface area contributed by atoms with Crippen LogP contribution in [0.3, 0.4) is 0 Å². The summed E-state index contributed by atoms with van der Waals surface area (Å²) in [5, 5.41) is 0. The minimum absolute atomic E-state index is 0.117. The Kier molecular flexibility index (Phi) is 6.00. The normalized spacial score (nSPS) is 22.1. The molecule has 0 aliphatic carbocycles. The SMILES string of the molecule is COc1cc(B2OC(C)(C)C(C)(C)O2)cc(F)c1OCCN1CCOCC1. The van der Waals surface area contributed by atoms with Gasteiger partial charge in [0.15, 0.2) is 17.3 Å². The van der Waals surface area contributed by atoms with E-state index in [-0.39, 0.29) is 5.75 Å². The van der Waals surface area contributed by atoms with E-state index >= 15 is 0 Å². The fourth-order valence-electron chi connectivity index (χ4n) is 3.10. The number of halogens is 1. The average Bonchev–Trinajstić information content (AvgIpc) is 2.84. The van der Waals surface area contributed by atoms with Crippen molar-refractivity contribution in [2.24, 2.45) is 0 Å². The Hall–Kier alpha value is -1.35. The molecule has 2 saturated heterocycles. The fourth-order valence-corrected chi connectivity index (χ4v) is 3.10. The average molecular weight is 381 g/mol. The molecule has 27 heavy (non-hydrogen) atoms.